The normalized spacial score (nSPS) is 13.7. The van der Waals surface area contributed by atoms with Gasteiger partial charge in [-0.05, 0) is 6.92 Å². The summed E-state index contributed by atoms with van der Waals surface area (Å²) in [6.07, 6.45) is 0. The van der Waals surface area contributed by atoms with Gasteiger partial charge in [-0.25, -0.2) is 0 Å². The fraction of sp³-hybridized carbons (Fsp3) is 0.833. The highest BCUT2D eigenvalue weighted by molar-refractivity contribution is 6.29. The van der Waals surface area contributed by atoms with Crippen molar-refractivity contribution < 1.29 is 19.1 Å². The standard InChI is InChI=1S/C6H14O4Si/c1-3-9-11-6(4-7)10-5(2)8/h6-7H,3-4,11H2,1-2H3. The quantitative estimate of drug-likeness (QED) is 0.433. The van der Waals surface area contributed by atoms with Crippen LogP contribution in [0, 0.1) is 0 Å². The first-order valence-corrected chi connectivity index (χ1v) is 4.95. The second-order valence-electron chi connectivity index (χ2n) is 2.07. The maximum Gasteiger partial charge on any atom is 0.302 e. The second kappa shape index (κ2) is 6.33. The third kappa shape index (κ3) is 6.02. The zero-order chi connectivity index (χ0) is 8.69. The van der Waals surface area contributed by atoms with Gasteiger partial charge in [-0.3, -0.25) is 4.79 Å². The van der Waals surface area contributed by atoms with Gasteiger partial charge in [0.2, 0.25) is 9.76 Å². The van der Waals surface area contributed by atoms with E-state index in [0.29, 0.717) is 6.61 Å². The Morgan fingerprint density at radius 3 is 2.73 bits per heavy atom. The zero-order valence-corrected chi connectivity index (χ0v) is 8.28. The van der Waals surface area contributed by atoms with E-state index < -0.39 is 9.76 Å². The molecule has 0 bridgehead atoms. The average Bonchev–Trinajstić information content (AvgIpc) is 1.97. The van der Waals surface area contributed by atoms with Crippen molar-refractivity contribution in [2.75, 3.05) is 13.2 Å². The Kier molecular flexibility index (Phi) is 6.10. The number of esters is 1. The molecule has 0 aliphatic heterocycles. The number of hydrogen-bond donors (Lipinski definition) is 1. The van der Waals surface area contributed by atoms with E-state index in [1.54, 1.807) is 0 Å². The van der Waals surface area contributed by atoms with E-state index in [2.05, 4.69) is 0 Å². The smallest absolute Gasteiger partial charge is 0.302 e. The van der Waals surface area contributed by atoms with Crippen molar-refractivity contribution in [1.29, 1.82) is 0 Å². The molecule has 4 nitrogen and oxygen atoms in total. The highest BCUT2D eigenvalue weighted by Crippen LogP contribution is 1.90. The van der Waals surface area contributed by atoms with E-state index in [9.17, 15) is 4.79 Å². The van der Waals surface area contributed by atoms with Crippen molar-refractivity contribution in [1.82, 2.24) is 0 Å². The summed E-state index contributed by atoms with van der Waals surface area (Å²) < 4.78 is 9.84. The molecule has 5 heteroatoms. The Morgan fingerprint density at radius 2 is 2.36 bits per heavy atom. The molecule has 66 valence electrons. The summed E-state index contributed by atoms with van der Waals surface area (Å²) in [4.78, 5) is 10.4. The molecule has 0 aliphatic rings. The molecule has 1 N–H and O–H groups in total. The first kappa shape index (κ1) is 10.6. The molecule has 0 saturated carbocycles. The van der Waals surface area contributed by atoms with Crippen LogP contribution in [0.25, 0.3) is 0 Å². The highest BCUT2D eigenvalue weighted by atomic mass is 28.2. The molecule has 1 unspecified atom stereocenters. The van der Waals surface area contributed by atoms with Gasteiger partial charge in [0.25, 0.3) is 0 Å². The Bertz CT molecular complexity index is 117. The predicted molar refractivity (Wildman–Crippen MR) is 42.8 cm³/mol. The summed E-state index contributed by atoms with van der Waals surface area (Å²) in [6, 6.07) is 0. The molecule has 0 heterocycles. The molecule has 1 atom stereocenters. The van der Waals surface area contributed by atoms with Crippen LogP contribution in [-0.4, -0.2) is 39.8 Å². The maximum absolute atomic E-state index is 10.4. The lowest BCUT2D eigenvalue weighted by Gasteiger charge is -2.12. The molecule has 0 fully saturated rings. The number of carbonyl (C=O) groups is 1. The predicted octanol–water partition coefficient (Wildman–Crippen LogP) is -1.01. The van der Waals surface area contributed by atoms with Gasteiger partial charge in [0.15, 0.2) is 0 Å². The minimum Gasteiger partial charge on any atom is -0.462 e. The van der Waals surface area contributed by atoms with Gasteiger partial charge in [-0.1, -0.05) is 0 Å². The molecule has 0 rings (SSSR count). The first-order chi connectivity index (χ1) is 5.20. The van der Waals surface area contributed by atoms with Crippen LogP contribution < -0.4 is 0 Å². The monoisotopic (exact) mass is 178 g/mol. The van der Waals surface area contributed by atoms with Gasteiger partial charge in [-0.15, -0.1) is 0 Å². The van der Waals surface area contributed by atoms with Gasteiger partial charge in [0.05, 0.1) is 6.61 Å². The third-order valence-corrected chi connectivity index (χ3v) is 2.48. The summed E-state index contributed by atoms with van der Waals surface area (Å²) in [6.45, 7) is 3.67. The van der Waals surface area contributed by atoms with Gasteiger partial charge < -0.3 is 14.3 Å². The van der Waals surface area contributed by atoms with Crippen molar-refractivity contribution in [3.63, 3.8) is 0 Å². The van der Waals surface area contributed by atoms with E-state index >= 15 is 0 Å². The highest BCUT2D eigenvalue weighted by Gasteiger charge is 2.10. The number of ether oxygens (including phenoxy) is 1. The van der Waals surface area contributed by atoms with Crippen LogP contribution in [0.2, 0.25) is 0 Å². The number of carbonyl (C=O) groups excluding carboxylic acids is 1. The van der Waals surface area contributed by atoms with Gasteiger partial charge in [0, 0.05) is 13.5 Å². The summed E-state index contributed by atoms with van der Waals surface area (Å²) >= 11 is 0. The SMILES string of the molecule is CCO[SiH2]C(CO)OC(C)=O. The van der Waals surface area contributed by atoms with Crippen LogP contribution >= 0.6 is 0 Å². The molecule has 0 aliphatic carbocycles. The summed E-state index contributed by atoms with van der Waals surface area (Å²) in [5, 5.41) is 8.68. The third-order valence-electron chi connectivity index (χ3n) is 1.04. The number of aliphatic hydroxyl groups is 1. The largest absolute Gasteiger partial charge is 0.462 e. The topological polar surface area (TPSA) is 55.8 Å². The lowest BCUT2D eigenvalue weighted by molar-refractivity contribution is -0.144. The number of rotatable bonds is 5. The molecule has 0 amide bonds. The molecule has 0 aromatic heterocycles. The van der Waals surface area contributed by atoms with Crippen molar-refractivity contribution in [2.24, 2.45) is 0 Å². The Labute approximate surface area is 68.4 Å². The van der Waals surface area contributed by atoms with E-state index in [0.717, 1.165) is 0 Å². The fourth-order valence-electron chi connectivity index (χ4n) is 0.608. The molecular weight excluding hydrogens is 164 g/mol. The van der Waals surface area contributed by atoms with Crippen LogP contribution in [0.15, 0.2) is 0 Å². The van der Waals surface area contributed by atoms with E-state index in [1.165, 1.54) is 6.92 Å². The molecule has 0 aromatic carbocycles. The molecular formula is C6H14O4Si. The molecule has 11 heavy (non-hydrogen) atoms. The zero-order valence-electron chi connectivity index (χ0n) is 6.87. The van der Waals surface area contributed by atoms with Gasteiger partial charge >= 0.3 is 5.97 Å². The van der Waals surface area contributed by atoms with Crippen molar-refractivity contribution in [3.8, 4) is 0 Å². The second-order valence-corrected chi connectivity index (χ2v) is 3.73. The van der Waals surface area contributed by atoms with Crippen molar-refractivity contribution in [3.05, 3.63) is 0 Å². The average molecular weight is 178 g/mol. The Morgan fingerprint density at radius 1 is 1.73 bits per heavy atom. The van der Waals surface area contributed by atoms with Gasteiger partial charge in [-0.2, -0.15) is 0 Å². The lowest BCUT2D eigenvalue weighted by atomic mass is 10.7. The summed E-state index contributed by atoms with van der Waals surface area (Å²) in [5.74, 6) is -0.365. The van der Waals surface area contributed by atoms with E-state index in [1.807, 2.05) is 6.92 Å². The van der Waals surface area contributed by atoms with Crippen molar-refractivity contribution >= 4 is 15.7 Å². The van der Waals surface area contributed by atoms with E-state index in [4.69, 9.17) is 14.3 Å². The fourth-order valence-corrected chi connectivity index (χ4v) is 1.51. The minimum absolute atomic E-state index is 0.133. The van der Waals surface area contributed by atoms with Crippen LogP contribution in [0.1, 0.15) is 13.8 Å². The lowest BCUT2D eigenvalue weighted by Crippen LogP contribution is -2.29. The molecule has 0 radical (unpaired) electrons. The number of hydrogen-bond acceptors (Lipinski definition) is 4. The van der Waals surface area contributed by atoms with Crippen LogP contribution in [0.5, 0.6) is 0 Å². The van der Waals surface area contributed by atoms with Crippen LogP contribution in [0.3, 0.4) is 0 Å². The number of aliphatic hydroxyl groups excluding tert-OH is 1. The van der Waals surface area contributed by atoms with Gasteiger partial charge in [0.1, 0.15) is 5.73 Å². The maximum atomic E-state index is 10.4. The molecule has 0 aromatic rings. The van der Waals surface area contributed by atoms with Crippen LogP contribution in [-0.2, 0) is 14.0 Å². The Hall–Kier alpha value is -0.393. The molecule has 0 saturated heterocycles. The minimum atomic E-state index is -0.911. The molecule has 0 spiro atoms. The van der Waals surface area contributed by atoms with Crippen molar-refractivity contribution in [2.45, 2.75) is 19.6 Å². The van der Waals surface area contributed by atoms with Crippen LogP contribution in [0.4, 0.5) is 0 Å². The Balaban J connectivity index is 3.49. The first-order valence-electron chi connectivity index (χ1n) is 3.56. The summed E-state index contributed by atoms with van der Waals surface area (Å²) in [7, 11) is -0.911. The summed E-state index contributed by atoms with van der Waals surface area (Å²) in [5.41, 5.74) is -0.382. The van der Waals surface area contributed by atoms with E-state index in [-0.39, 0.29) is 18.3 Å².